The molecule has 4 rings (SSSR count). The van der Waals surface area contributed by atoms with Crippen LogP contribution < -0.4 is 15.4 Å². The number of nitrogens with zero attached hydrogens (tertiary/aromatic N) is 1. The first kappa shape index (κ1) is 22.0. The third-order valence-electron chi connectivity index (χ3n) is 6.02. The van der Waals surface area contributed by atoms with Gasteiger partial charge in [-0.1, -0.05) is 17.3 Å². The van der Waals surface area contributed by atoms with Crippen molar-refractivity contribution in [1.82, 2.24) is 15.8 Å². The zero-order chi connectivity index (χ0) is 22.3. The van der Waals surface area contributed by atoms with Crippen LogP contribution in [0.1, 0.15) is 24.1 Å². The fraction of sp³-hybridized carbons (Fsp3) is 0.360. The monoisotopic (exact) mass is 437 g/mol. The summed E-state index contributed by atoms with van der Waals surface area (Å²) in [5, 5.41) is 10.7. The summed E-state index contributed by atoms with van der Waals surface area (Å²) in [6, 6.07) is 15.8. The highest BCUT2D eigenvalue weighted by Gasteiger charge is 2.28. The molecule has 32 heavy (non-hydrogen) atoms. The highest BCUT2D eigenvalue weighted by Crippen LogP contribution is 2.28. The highest BCUT2D eigenvalue weighted by atomic mass is 19.1. The number of amides is 1. The molecule has 168 valence electrons. The number of piperidine rings is 1. The Bertz CT molecular complexity index is 1020. The van der Waals surface area contributed by atoms with Gasteiger partial charge in [0.05, 0.1) is 12.8 Å². The van der Waals surface area contributed by atoms with Crippen LogP contribution in [0, 0.1) is 17.7 Å². The Morgan fingerprint density at radius 3 is 2.72 bits per heavy atom. The maximum atomic E-state index is 13.2. The standard InChI is InChI=1S/C25H28FN3O3/c1-31-23-8-2-17(3-9-23)15-28-25(30)13-19-10-11-27-16-20(19)12-22-14-24(32-29-22)18-4-6-21(26)7-5-18/h2-9,14,19-20,27H,10-13,15-16H2,1H3,(H,28,30). The van der Waals surface area contributed by atoms with Crippen LogP contribution in [-0.2, 0) is 17.8 Å². The molecule has 2 N–H and O–H groups in total. The number of aromatic nitrogens is 1. The van der Waals surface area contributed by atoms with Crippen LogP contribution in [0.2, 0.25) is 0 Å². The molecular weight excluding hydrogens is 409 g/mol. The summed E-state index contributed by atoms with van der Waals surface area (Å²) in [6.45, 7) is 2.25. The topological polar surface area (TPSA) is 76.4 Å². The highest BCUT2D eigenvalue weighted by molar-refractivity contribution is 5.76. The number of halogens is 1. The lowest BCUT2D eigenvalue weighted by molar-refractivity contribution is -0.122. The first-order valence-electron chi connectivity index (χ1n) is 10.9. The number of hydrogen-bond acceptors (Lipinski definition) is 5. The fourth-order valence-electron chi connectivity index (χ4n) is 4.17. The zero-order valence-electron chi connectivity index (χ0n) is 18.1. The summed E-state index contributed by atoms with van der Waals surface area (Å²) in [5.74, 6) is 1.77. The van der Waals surface area contributed by atoms with Gasteiger partial charge in [0.1, 0.15) is 11.6 Å². The van der Waals surface area contributed by atoms with Crippen LogP contribution in [0.4, 0.5) is 4.39 Å². The van der Waals surface area contributed by atoms with Gasteiger partial charge in [0.15, 0.2) is 5.76 Å². The van der Waals surface area contributed by atoms with E-state index in [0.717, 1.165) is 48.5 Å². The molecule has 3 aromatic rings. The van der Waals surface area contributed by atoms with Gasteiger partial charge in [-0.05, 0) is 79.7 Å². The minimum atomic E-state index is -0.283. The normalized spacial score (nSPS) is 18.3. The third kappa shape index (κ3) is 5.73. The Morgan fingerprint density at radius 1 is 1.19 bits per heavy atom. The number of methoxy groups -OCH3 is 1. The van der Waals surface area contributed by atoms with E-state index < -0.39 is 0 Å². The zero-order valence-corrected chi connectivity index (χ0v) is 18.1. The van der Waals surface area contributed by atoms with Gasteiger partial charge in [0.25, 0.3) is 0 Å². The van der Waals surface area contributed by atoms with E-state index in [1.54, 1.807) is 19.2 Å². The predicted molar refractivity (Wildman–Crippen MR) is 120 cm³/mol. The van der Waals surface area contributed by atoms with Gasteiger partial charge in [0, 0.05) is 24.6 Å². The van der Waals surface area contributed by atoms with Gasteiger partial charge in [-0.15, -0.1) is 0 Å². The number of ether oxygens (including phenoxy) is 1. The van der Waals surface area contributed by atoms with E-state index in [4.69, 9.17) is 9.26 Å². The van der Waals surface area contributed by atoms with E-state index in [0.29, 0.717) is 24.6 Å². The molecule has 1 amide bonds. The Balaban J connectivity index is 1.32. The molecule has 2 atom stereocenters. The molecule has 6 nitrogen and oxygen atoms in total. The lowest BCUT2D eigenvalue weighted by Gasteiger charge is -2.31. The maximum absolute atomic E-state index is 13.2. The van der Waals surface area contributed by atoms with Crippen molar-refractivity contribution in [3.05, 3.63) is 71.7 Å². The van der Waals surface area contributed by atoms with E-state index in [1.807, 2.05) is 30.3 Å². The molecule has 0 spiro atoms. The molecular formula is C25H28FN3O3. The second-order valence-corrected chi connectivity index (χ2v) is 8.24. The first-order chi connectivity index (χ1) is 15.6. The van der Waals surface area contributed by atoms with E-state index in [-0.39, 0.29) is 17.6 Å². The third-order valence-corrected chi connectivity index (χ3v) is 6.02. The van der Waals surface area contributed by atoms with Crippen molar-refractivity contribution in [2.24, 2.45) is 11.8 Å². The number of rotatable bonds is 8. The Labute approximate surface area is 187 Å². The molecule has 7 heteroatoms. The summed E-state index contributed by atoms with van der Waals surface area (Å²) in [6.07, 6.45) is 2.17. The molecule has 0 aliphatic carbocycles. The van der Waals surface area contributed by atoms with Crippen LogP contribution >= 0.6 is 0 Å². The van der Waals surface area contributed by atoms with Crippen molar-refractivity contribution in [1.29, 1.82) is 0 Å². The molecule has 2 heterocycles. The second-order valence-electron chi connectivity index (χ2n) is 8.24. The minimum Gasteiger partial charge on any atom is -0.497 e. The van der Waals surface area contributed by atoms with Crippen LogP contribution in [0.5, 0.6) is 5.75 Å². The average Bonchev–Trinajstić information content (AvgIpc) is 3.28. The molecule has 1 aromatic heterocycles. The molecule has 0 radical (unpaired) electrons. The summed E-state index contributed by atoms with van der Waals surface area (Å²) in [7, 11) is 1.63. The largest absolute Gasteiger partial charge is 0.497 e. The number of carbonyl (C=O) groups excluding carboxylic acids is 1. The summed E-state index contributed by atoms with van der Waals surface area (Å²) in [4.78, 5) is 12.6. The maximum Gasteiger partial charge on any atom is 0.220 e. The Hall–Kier alpha value is -3.19. The van der Waals surface area contributed by atoms with Crippen molar-refractivity contribution in [3.8, 4) is 17.1 Å². The van der Waals surface area contributed by atoms with Crippen molar-refractivity contribution in [3.63, 3.8) is 0 Å². The second kappa shape index (κ2) is 10.4. The smallest absolute Gasteiger partial charge is 0.220 e. The first-order valence-corrected chi connectivity index (χ1v) is 10.9. The van der Waals surface area contributed by atoms with E-state index in [9.17, 15) is 9.18 Å². The molecule has 2 aromatic carbocycles. The Morgan fingerprint density at radius 2 is 1.97 bits per heavy atom. The number of benzene rings is 2. The van der Waals surface area contributed by atoms with Gasteiger partial charge in [0.2, 0.25) is 5.91 Å². The van der Waals surface area contributed by atoms with Crippen molar-refractivity contribution < 1.29 is 18.4 Å². The quantitative estimate of drug-likeness (QED) is 0.558. The molecule has 1 fully saturated rings. The van der Waals surface area contributed by atoms with Gasteiger partial charge >= 0.3 is 0 Å². The molecule has 1 aliphatic heterocycles. The van der Waals surface area contributed by atoms with Crippen LogP contribution in [-0.4, -0.2) is 31.3 Å². The van der Waals surface area contributed by atoms with E-state index in [1.165, 1.54) is 12.1 Å². The van der Waals surface area contributed by atoms with Gasteiger partial charge < -0.3 is 19.9 Å². The van der Waals surface area contributed by atoms with Gasteiger partial charge in [-0.2, -0.15) is 0 Å². The van der Waals surface area contributed by atoms with E-state index in [2.05, 4.69) is 15.8 Å². The van der Waals surface area contributed by atoms with Crippen LogP contribution in [0.25, 0.3) is 11.3 Å². The average molecular weight is 438 g/mol. The predicted octanol–water partition coefficient (Wildman–Crippen LogP) is 3.96. The molecule has 0 saturated carbocycles. The van der Waals surface area contributed by atoms with Crippen molar-refractivity contribution >= 4 is 5.91 Å². The summed E-state index contributed by atoms with van der Waals surface area (Å²) in [5.41, 5.74) is 2.68. The molecule has 0 bridgehead atoms. The Kier molecular flexibility index (Phi) is 7.17. The van der Waals surface area contributed by atoms with Crippen LogP contribution in [0.15, 0.2) is 59.1 Å². The molecule has 1 aliphatic rings. The molecule has 2 unspecified atom stereocenters. The summed E-state index contributed by atoms with van der Waals surface area (Å²) >= 11 is 0. The SMILES string of the molecule is COc1ccc(CNC(=O)CC2CCNCC2Cc2cc(-c3ccc(F)cc3)on2)cc1. The lowest BCUT2D eigenvalue weighted by atomic mass is 9.81. The number of nitrogens with one attached hydrogen (secondary N) is 2. The number of carbonyl (C=O) groups is 1. The van der Waals surface area contributed by atoms with Crippen molar-refractivity contribution in [2.75, 3.05) is 20.2 Å². The van der Waals surface area contributed by atoms with Crippen molar-refractivity contribution in [2.45, 2.75) is 25.8 Å². The van der Waals surface area contributed by atoms with E-state index >= 15 is 0 Å². The minimum absolute atomic E-state index is 0.0601. The number of hydrogen-bond donors (Lipinski definition) is 2. The van der Waals surface area contributed by atoms with Crippen LogP contribution in [0.3, 0.4) is 0 Å². The summed E-state index contributed by atoms with van der Waals surface area (Å²) < 4.78 is 23.8. The van der Waals surface area contributed by atoms with Gasteiger partial charge in [-0.25, -0.2) is 4.39 Å². The fourth-order valence-corrected chi connectivity index (χ4v) is 4.17. The van der Waals surface area contributed by atoms with Gasteiger partial charge in [-0.3, -0.25) is 4.79 Å². The lowest BCUT2D eigenvalue weighted by Crippen LogP contribution is -2.40. The molecule has 1 saturated heterocycles.